The number of amides is 2. The fourth-order valence-electron chi connectivity index (χ4n) is 5.60. The van der Waals surface area contributed by atoms with Crippen molar-refractivity contribution < 1.29 is 14.7 Å². The lowest BCUT2D eigenvalue weighted by Gasteiger charge is -2.48. The third-order valence-corrected chi connectivity index (χ3v) is 7.81. The van der Waals surface area contributed by atoms with Gasteiger partial charge in [-0.15, -0.1) is 0 Å². The van der Waals surface area contributed by atoms with Gasteiger partial charge in [-0.25, -0.2) is 4.79 Å². The zero-order chi connectivity index (χ0) is 28.9. The standard InChI is InChI=1S/C33H42N4O3/c1-6-35(7-2)31(38)25-18-16-24(17-19-25)30(36-20-21-37(32(39)40)29(23-36)33(3,4)5)26-12-11-15-28(22-26)34-27-13-9-8-10-14-27/h8-19,22,29-30,34H,6-7,20-21,23H2,1-5H3,(H,39,40)/t29?,30-/m1/s1. The molecule has 1 saturated heterocycles. The number of para-hydroxylation sites is 1. The quantitative estimate of drug-likeness (QED) is 0.331. The molecule has 7 heteroatoms. The summed E-state index contributed by atoms with van der Waals surface area (Å²) < 4.78 is 0. The molecule has 2 atom stereocenters. The van der Waals surface area contributed by atoms with E-state index in [0.29, 0.717) is 38.3 Å². The van der Waals surface area contributed by atoms with Crippen molar-refractivity contribution in [3.8, 4) is 0 Å². The second-order valence-corrected chi connectivity index (χ2v) is 11.5. The Kier molecular flexibility index (Phi) is 9.15. The minimum absolute atomic E-state index is 0.0324. The van der Waals surface area contributed by atoms with Crippen LogP contribution < -0.4 is 5.32 Å². The Morgan fingerprint density at radius 1 is 0.900 bits per heavy atom. The van der Waals surface area contributed by atoms with Crippen molar-refractivity contribution in [2.75, 3.05) is 38.0 Å². The number of rotatable bonds is 8. The summed E-state index contributed by atoms with van der Waals surface area (Å²) in [5, 5.41) is 13.4. The maximum Gasteiger partial charge on any atom is 0.407 e. The molecule has 0 radical (unpaired) electrons. The highest BCUT2D eigenvalue weighted by molar-refractivity contribution is 5.94. The van der Waals surface area contributed by atoms with E-state index in [4.69, 9.17) is 0 Å². The van der Waals surface area contributed by atoms with Gasteiger partial charge in [-0.1, -0.05) is 63.2 Å². The van der Waals surface area contributed by atoms with Crippen LogP contribution in [-0.4, -0.2) is 70.6 Å². The van der Waals surface area contributed by atoms with E-state index in [9.17, 15) is 14.7 Å². The number of hydrogen-bond donors (Lipinski definition) is 2. The van der Waals surface area contributed by atoms with Crippen molar-refractivity contribution in [1.29, 1.82) is 0 Å². The number of nitrogens with one attached hydrogen (secondary N) is 1. The summed E-state index contributed by atoms with van der Waals surface area (Å²) in [4.78, 5) is 30.9. The second-order valence-electron chi connectivity index (χ2n) is 11.5. The van der Waals surface area contributed by atoms with Gasteiger partial charge in [0.05, 0.1) is 12.1 Å². The molecule has 0 saturated carbocycles. The Bertz CT molecular complexity index is 1280. The fourth-order valence-corrected chi connectivity index (χ4v) is 5.60. The van der Waals surface area contributed by atoms with Gasteiger partial charge in [0.2, 0.25) is 0 Å². The summed E-state index contributed by atoms with van der Waals surface area (Å²) in [6.45, 7) is 13.3. The van der Waals surface area contributed by atoms with Gasteiger partial charge in [-0.05, 0) is 66.8 Å². The van der Waals surface area contributed by atoms with Gasteiger partial charge in [0, 0.05) is 49.7 Å². The van der Waals surface area contributed by atoms with Gasteiger partial charge in [0.15, 0.2) is 0 Å². The van der Waals surface area contributed by atoms with Gasteiger partial charge in [0.1, 0.15) is 0 Å². The number of carbonyl (C=O) groups excluding carboxylic acids is 1. The average molecular weight is 543 g/mol. The van der Waals surface area contributed by atoms with E-state index in [2.05, 4.69) is 55.3 Å². The molecule has 0 bridgehead atoms. The van der Waals surface area contributed by atoms with Gasteiger partial charge >= 0.3 is 6.09 Å². The van der Waals surface area contributed by atoms with Crippen LogP contribution in [0.5, 0.6) is 0 Å². The number of benzene rings is 3. The molecular formula is C33H42N4O3. The van der Waals surface area contributed by atoms with Gasteiger partial charge in [-0.2, -0.15) is 0 Å². The molecule has 1 unspecified atom stereocenters. The normalized spacial score (nSPS) is 16.8. The molecule has 2 amide bonds. The van der Waals surface area contributed by atoms with Crippen molar-refractivity contribution >= 4 is 23.4 Å². The Morgan fingerprint density at radius 2 is 1.55 bits per heavy atom. The zero-order valence-corrected chi connectivity index (χ0v) is 24.3. The molecule has 4 rings (SSSR count). The van der Waals surface area contributed by atoms with Crippen LogP contribution in [0, 0.1) is 5.41 Å². The molecule has 2 N–H and O–H groups in total. The molecule has 1 heterocycles. The Balaban J connectivity index is 1.72. The van der Waals surface area contributed by atoms with Crippen LogP contribution in [0.15, 0.2) is 78.9 Å². The van der Waals surface area contributed by atoms with Crippen LogP contribution in [0.2, 0.25) is 0 Å². The molecule has 0 spiro atoms. The first-order valence-corrected chi connectivity index (χ1v) is 14.2. The highest BCUT2D eigenvalue weighted by Gasteiger charge is 2.40. The molecule has 7 nitrogen and oxygen atoms in total. The summed E-state index contributed by atoms with van der Waals surface area (Å²) in [7, 11) is 0. The average Bonchev–Trinajstić information content (AvgIpc) is 2.94. The van der Waals surface area contributed by atoms with Gasteiger partial charge in [-0.3, -0.25) is 9.69 Å². The number of carboxylic acid groups (broad SMARTS) is 1. The predicted octanol–water partition coefficient (Wildman–Crippen LogP) is 6.71. The third-order valence-electron chi connectivity index (χ3n) is 7.81. The van der Waals surface area contributed by atoms with Gasteiger partial charge in [0.25, 0.3) is 5.91 Å². The van der Waals surface area contributed by atoms with Crippen molar-refractivity contribution in [2.45, 2.75) is 46.7 Å². The Hall–Kier alpha value is -3.84. The van der Waals surface area contributed by atoms with Crippen LogP contribution in [0.25, 0.3) is 0 Å². The number of nitrogens with zero attached hydrogens (tertiary/aromatic N) is 3. The summed E-state index contributed by atoms with van der Waals surface area (Å²) >= 11 is 0. The van der Waals surface area contributed by atoms with E-state index in [1.165, 1.54) is 0 Å². The lowest BCUT2D eigenvalue weighted by atomic mass is 9.83. The van der Waals surface area contributed by atoms with Crippen molar-refractivity contribution in [3.05, 3.63) is 95.6 Å². The SMILES string of the molecule is CCN(CC)C(=O)c1ccc([C@H](c2cccc(Nc3ccccc3)c2)N2CCN(C(=O)O)C(C(C)(C)C)C2)cc1. The molecule has 3 aromatic carbocycles. The first-order valence-electron chi connectivity index (χ1n) is 14.2. The number of anilines is 2. The van der Waals surface area contributed by atoms with E-state index in [0.717, 1.165) is 22.5 Å². The molecule has 3 aromatic rings. The lowest BCUT2D eigenvalue weighted by molar-refractivity contribution is 0.0114. The van der Waals surface area contributed by atoms with E-state index >= 15 is 0 Å². The maximum atomic E-state index is 13.0. The molecule has 1 aliphatic heterocycles. The first kappa shape index (κ1) is 29.2. The molecule has 1 aliphatic rings. The van der Waals surface area contributed by atoms with Crippen LogP contribution in [0.4, 0.5) is 16.2 Å². The highest BCUT2D eigenvalue weighted by Crippen LogP contribution is 2.36. The van der Waals surface area contributed by atoms with Gasteiger partial charge < -0.3 is 20.2 Å². The number of piperazine rings is 1. The minimum atomic E-state index is -0.871. The van der Waals surface area contributed by atoms with Crippen molar-refractivity contribution in [2.24, 2.45) is 5.41 Å². The molecule has 1 fully saturated rings. The monoisotopic (exact) mass is 542 g/mol. The van der Waals surface area contributed by atoms with E-state index in [1.54, 1.807) is 4.90 Å². The summed E-state index contributed by atoms with van der Waals surface area (Å²) in [5.41, 5.74) is 4.63. The zero-order valence-electron chi connectivity index (χ0n) is 24.3. The Labute approximate surface area is 238 Å². The molecular weight excluding hydrogens is 500 g/mol. The molecule has 212 valence electrons. The van der Waals surface area contributed by atoms with Crippen LogP contribution >= 0.6 is 0 Å². The maximum absolute atomic E-state index is 13.0. The minimum Gasteiger partial charge on any atom is -0.465 e. The van der Waals surface area contributed by atoms with Crippen LogP contribution in [-0.2, 0) is 0 Å². The topological polar surface area (TPSA) is 76.1 Å². The second kappa shape index (κ2) is 12.6. The van der Waals surface area contributed by atoms with E-state index in [-0.39, 0.29) is 23.4 Å². The number of carbonyl (C=O) groups is 2. The highest BCUT2D eigenvalue weighted by atomic mass is 16.4. The number of hydrogen-bond acceptors (Lipinski definition) is 4. The van der Waals surface area contributed by atoms with E-state index < -0.39 is 6.09 Å². The molecule has 0 aliphatic carbocycles. The van der Waals surface area contributed by atoms with Crippen molar-refractivity contribution in [3.63, 3.8) is 0 Å². The summed E-state index contributed by atoms with van der Waals surface area (Å²) in [5.74, 6) is 0.0324. The fraction of sp³-hybridized carbons (Fsp3) is 0.394. The summed E-state index contributed by atoms with van der Waals surface area (Å²) in [6, 6.07) is 26.2. The van der Waals surface area contributed by atoms with E-state index in [1.807, 2.05) is 73.3 Å². The lowest BCUT2D eigenvalue weighted by Crippen LogP contribution is -2.59. The summed E-state index contributed by atoms with van der Waals surface area (Å²) in [6.07, 6.45) is -0.871. The predicted molar refractivity (Wildman–Crippen MR) is 161 cm³/mol. The smallest absolute Gasteiger partial charge is 0.407 e. The third kappa shape index (κ3) is 6.65. The van der Waals surface area contributed by atoms with Crippen LogP contribution in [0.1, 0.15) is 62.1 Å². The molecule has 40 heavy (non-hydrogen) atoms. The first-order chi connectivity index (χ1) is 19.1. The van der Waals surface area contributed by atoms with Crippen LogP contribution in [0.3, 0.4) is 0 Å². The molecule has 0 aromatic heterocycles. The Morgan fingerprint density at radius 3 is 2.15 bits per heavy atom. The van der Waals surface area contributed by atoms with Crippen molar-refractivity contribution in [1.82, 2.24) is 14.7 Å². The largest absolute Gasteiger partial charge is 0.465 e.